The Kier molecular flexibility index (Phi) is 7.71. The number of aromatic nitrogens is 6. The first-order chi connectivity index (χ1) is 17.4. The van der Waals surface area contributed by atoms with Gasteiger partial charge in [-0.15, -0.1) is 5.10 Å². The van der Waals surface area contributed by atoms with Crippen LogP contribution in [0.4, 0.5) is 13.2 Å². The second-order valence-electron chi connectivity index (χ2n) is 7.93. The number of hydrogen-bond acceptors (Lipinski definition) is 7. The number of rotatable bonds is 8. The molecule has 0 spiro atoms. The largest absolute Gasteiger partial charge is 0.416 e. The molecule has 2 aromatic carbocycles. The molecule has 1 atom stereocenters. The molecular weight excluding hydrogens is 540 g/mol. The lowest BCUT2D eigenvalue weighted by Crippen LogP contribution is -2.37. The van der Waals surface area contributed by atoms with E-state index in [0.717, 1.165) is 4.68 Å². The summed E-state index contributed by atoms with van der Waals surface area (Å²) in [5.41, 5.74) is -0.240. The summed E-state index contributed by atoms with van der Waals surface area (Å²) in [6, 6.07) is 12.5. The van der Waals surface area contributed by atoms with Crippen molar-refractivity contribution >= 4 is 23.2 Å². The fraction of sp³-hybridized carbons (Fsp3) is 0.273. The van der Waals surface area contributed by atoms with Crippen LogP contribution >= 0.6 is 23.2 Å². The van der Waals surface area contributed by atoms with Crippen LogP contribution in [0.25, 0.3) is 22.8 Å². The molecule has 0 aliphatic carbocycles. The second-order valence-corrected chi connectivity index (χ2v) is 8.78. The Morgan fingerprint density at radius 1 is 0.892 bits per heavy atom. The van der Waals surface area contributed by atoms with Crippen LogP contribution in [0.3, 0.4) is 0 Å². The van der Waals surface area contributed by atoms with Gasteiger partial charge in [0, 0.05) is 16.1 Å². The molecule has 0 aliphatic heterocycles. The normalized spacial score (nSPS) is 12.9. The van der Waals surface area contributed by atoms with Gasteiger partial charge >= 0.3 is 11.9 Å². The van der Waals surface area contributed by atoms with Crippen LogP contribution in [0.2, 0.25) is 10.0 Å². The van der Waals surface area contributed by atoms with Crippen molar-refractivity contribution in [3.63, 3.8) is 0 Å². The van der Waals surface area contributed by atoms with Crippen molar-refractivity contribution in [2.24, 2.45) is 0 Å². The van der Waals surface area contributed by atoms with Gasteiger partial charge in [-0.1, -0.05) is 35.3 Å². The van der Waals surface area contributed by atoms with Crippen molar-refractivity contribution in [3.8, 4) is 22.8 Å². The Bertz CT molecular complexity index is 1450. The molecule has 0 amide bonds. The highest BCUT2D eigenvalue weighted by molar-refractivity contribution is 6.33. The van der Waals surface area contributed by atoms with E-state index in [0.29, 0.717) is 20.2 Å². The molecule has 37 heavy (non-hydrogen) atoms. The quantitative estimate of drug-likeness (QED) is 0.283. The van der Waals surface area contributed by atoms with E-state index in [4.69, 9.17) is 23.2 Å². The molecule has 2 aromatic heterocycles. The van der Waals surface area contributed by atoms with Crippen LogP contribution in [-0.2, 0) is 19.6 Å². The topological polar surface area (TPSA) is 131 Å². The SMILES string of the molecule is O=c1n(Cc2nc(-c3ccccc3Cl)n(CC(O)O)n2)nc(-c2ccc(Cl)cc2)n1C[C@H](O)C(F)(F)F. The lowest BCUT2D eigenvalue weighted by atomic mass is 10.2. The summed E-state index contributed by atoms with van der Waals surface area (Å²) >= 11 is 12.1. The maximum absolute atomic E-state index is 13.1. The third-order valence-corrected chi connectivity index (χ3v) is 5.80. The third kappa shape index (κ3) is 6.02. The van der Waals surface area contributed by atoms with E-state index in [-0.39, 0.29) is 36.1 Å². The molecule has 0 fully saturated rings. The van der Waals surface area contributed by atoms with Crippen molar-refractivity contribution in [3.05, 3.63) is 74.9 Å². The lowest BCUT2D eigenvalue weighted by molar-refractivity contribution is -0.207. The van der Waals surface area contributed by atoms with Gasteiger partial charge in [0.05, 0.1) is 18.1 Å². The van der Waals surface area contributed by atoms with Gasteiger partial charge in [0.25, 0.3) is 0 Å². The van der Waals surface area contributed by atoms with Crippen LogP contribution in [0.1, 0.15) is 5.82 Å². The fourth-order valence-corrected chi connectivity index (χ4v) is 3.86. The summed E-state index contributed by atoms with van der Waals surface area (Å²) in [6.45, 7) is -1.84. The highest BCUT2D eigenvalue weighted by Gasteiger charge is 2.39. The molecule has 0 saturated carbocycles. The molecule has 0 radical (unpaired) electrons. The lowest BCUT2D eigenvalue weighted by Gasteiger charge is -2.15. The molecule has 0 bridgehead atoms. The van der Waals surface area contributed by atoms with Gasteiger partial charge in [-0.3, -0.25) is 4.57 Å². The first-order valence-corrected chi connectivity index (χ1v) is 11.4. The summed E-state index contributed by atoms with van der Waals surface area (Å²) < 4.78 is 41.9. The predicted molar refractivity (Wildman–Crippen MR) is 127 cm³/mol. The molecule has 196 valence electrons. The number of nitrogens with zero attached hydrogens (tertiary/aromatic N) is 6. The first kappa shape index (κ1) is 26.8. The smallest absolute Gasteiger partial charge is 0.382 e. The minimum atomic E-state index is -4.96. The average Bonchev–Trinajstić information content (AvgIpc) is 3.34. The van der Waals surface area contributed by atoms with Crippen molar-refractivity contribution in [1.82, 2.24) is 29.1 Å². The van der Waals surface area contributed by atoms with E-state index in [1.165, 1.54) is 28.9 Å². The molecule has 2 heterocycles. The molecule has 10 nitrogen and oxygen atoms in total. The summed E-state index contributed by atoms with van der Waals surface area (Å²) in [7, 11) is 0. The predicted octanol–water partition coefficient (Wildman–Crippen LogP) is 2.56. The maximum Gasteiger partial charge on any atom is 0.416 e. The molecule has 4 aromatic rings. The van der Waals surface area contributed by atoms with E-state index in [1.807, 2.05) is 0 Å². The molecule has 15 heteroatoms. The number of aliphatic hydroxyl groups excluding tert-OH is 2. The highest BCUT2D eigenvalue weighted by Crippen LogP contribution is 2.27. The molecule has 0 aliphatic rings. The summed E-state index contributed by atoms with van der Waals surface area (Å²) in [6.07, 6.45) is -9.56. The molecule has 4 rings (SSSR count). The number of hydrogen-bond donors (Lipinski definition) is 3. The number of alkyl halides is 3. The maximum atomic E-state index is 13.1. The van der Waals surface area contributed by atoms with Gasteiger partial charge in [-0.25, -0.2) is 19.1 Å². The zero-order valence-corrected chi connectivity index (χ0v) is 20.2. The Hall–Kier alpha value is -3.23. The van der Waals surface area contributed by atoms with E-state index in [9.17, 15) is 33.3 Å². The summed E-state index contributed by atoms with van der Waals surface area (Å²) in [5.74, 6) is 0.0365. The first-order valence-electron chi connectivity index (χ1n) is 10.7. The fourth-order valence-electron chi connectivity index (χ4n) is 3.51. The van der Waals surface area contributed by atoms with E-state index < -0.39 is 30.8 Å². The highest BCUT2D eigenvalue weighted by atomic mass is 35.5. The Labute approximate surface area is 216 Å². The number of aliphatic hydroxyl groups is 3. The monoisotopic (exact) mass is 558 g/mol. The van der Waals surface area contributed by atoms with E-state index in [1.54, 1.807) is 24.3 Å². The second kappa shape index (κ2) is 10.6. The van der Waals surface area contributed by atoms with Crippen molar-refractivity contribution < 1.29 is 28.5 Å². The zero-order chi connectivity index (χ0) is 26.9. The van der Waals surface area contributed by atoms with Crippen LogP contribution in [0.15, 0.2) is 53.3 Å². The molecular formula is C22H19Cl2F3N6O4. The minimum absolute atomic E-state index is 0.00125. The average molecular weight is 559 g/mol. The Balaban J connectivity index is 1.77. The van der Waals surface area contributed by atoms with Gasteiger partial charge in [-0.05, 0) is 36.4 Å². The van der Waals surface area contributed by atoms with Crippen LogP contribution in [-0.4, -0.2) is 63.0 Å². The van der Waals surface area contributed by atoms with Crippen LogP contribution in [0, 0.1) is 0 Å². The summed E-state index contributed by atoms with van der Waals surface area (Å²) in [5, 5.41) is 37.6. The Morgan fingerprint density at radius 3 is 2.19 bits per heavy atom. The molecule has 3 N–H and O–H groups in total. The third-order valence-electron chi connectivity index (χ3n) is 5.22. The zero-order valence-electron chi connectivity index (χ0n) is 18.7. The van der Waals surface area contributed by atoms with E-state index >= 15 is 0 Å². The standard InChI is InChI=1S/C22H19Cl2F3N6O4/c23-13-7-5-12(6-8-13)19-30-33(21(37)31(19)9-16(34)22(25,26)27)10-17-28-20(32(29-17)11-18(35)36)14-3-1-2-4-15(14)24/h1-8,16,18,34-36H,9-11H2/t16-/m0/s1. The molecule has 0 saturated heterocycles. The van der Waals surface area contributed by atoms with Crippen molar-refractivity contribution in [2.75, 3.05) is 0 Å². The summed E-state index contributed by atoms with van der Waals surface area (Å²) in [4.78, 5) is 17.4. The number of benzene rings is 2. The van der Waals surface area contributed by atoms with Crippen LogP contribution in [0.5, 0.6) is 0 Å². The van der Waals surface area contributed by atoms with Gasteiger partial charge in [0.1, 0.15) is 6.54 Å². The number of halogens is 5. The minimum Gasteiger partial charge on any atom is -0.382 e. The van der Waals surface area contributed by atoms with E-state index in [2.05, 4.69) is 15.2 Å². The van der Waals surface area contributed by atoms with Crippen molar-refractivity contribution in [1.29, 1.82) is 0 Å². The van der Waals surface area contributed by atoms with Gasteiger partial charge in [0.15, 0.2) is 29.9 Å². The van der Waals surface area contributed by atoms with Gasteiger partial charge in [0.2, 0.25) is 0 Å². The van der Waals surface area contributed by atoms with Crippen LogP contribution < -0.4 is 5.69 Å². The molecule has 0 unspecified atom stereocenters. The Morgan fingerprint density at radius 2 is 1.57 bits per heavy atom. The van der Waals surface area contributed by atoms with Crippen molar-refractivity contribution in [2.45, 2.75) is 38.2 Å². The van der Waals surface area contributed by atoms with Gasteiger partial charge in [-0.2, -0.15) is 18.3 Å². The van der Waals surface area contributed by atoms with Gasteiger partial charge < -0.3 is 15.3 Å².